The first-order chi connectivity index (χ1) is 8.50. The van der Waals surface area contributed by atoms with E-state index in [-0.39, 0.29) is 11.7 Å². The number of carbonyl (C=O) groups excluding carboxylic acids is 1. The van der Waals surface area contributed by atoms with Crippen LogP contribution in [0.1, 0.15) is 10.4 Å². The maximum atomic E-state index is 12.8. The van der Waals surface area contributed by atoms with Gasteiger partial charge in [0.2, 0.25) is 0 Å². The normalized spacial score (nSPS) is 10.4. The maximum absolute atomic E-state index is 12.8. The number of hydrogen-bond acceptors (Lipinski definition) is 3. The van der Waals surface area contributed by atoms with Crippen LogP contribution in [0.4, 0.5) is 15.9 Å². The van der Waals surface area contributed by atoms with Crippen LogP contribution >= 0.6 is 0 Å². The Morgan fingerprint density at radius 3 is 2.50 bits per heavy atom. The number of hydrogen-bond donors (Lipinski definition) is 1. The third-order valence-electron chi connectivity index (χ3n) is 2.73. The van der Waals surface area contributed by atoms with E-state index >= 15 is 0 Å². The van der Waals surface area contributed by atoms with Crippen molar-refractivity contribution in [2.24, 2.45) is 7.05 Å². The molecule has 0 atom stereocenters. The van der Waals surface area contributed by atoms with Gasteiger partial charge in [-0.15, -0.1) is 0 Å². The Kier molecular flexibility index (Phi) is 3.01. The minimum Gasteiger partial charge on any atom is -0.383 e. The number of nitrogen functional groups attached to an aromatic ring is 1. The van der Waals surface area contributed by atoms with Crippen molar-refractivity contribution in [3.8, 4) is 0 Å². The minimum atomic E-state index is -0.347. The Morgan fingerprint density at radius 2 is 2.00 bits per heavy atom. The summed E-state index contributed by atoms with van der Waals surface area (Å²) in [5.41, 5.74) is 6.65. The summed E-state index contributed by atoms with van der Waals surface area (Å²) in [6.07, 6.45) is 1.41. The van der Waals surface area contributed by atoms with Gasteiger partial charge in [-0.3, -0.25) is 9.48 Å². The second-order valence-corrected chi connectivity index (χ2v) is 3.91. The van der Waals surface area contributed by atoms with E-state index in [9.17, 15) is 9.18 Å². The molecule has 1 aromatic heterocycles. The molecule has 0 bridgehead atoms. The number of aromatic nitrogens is 2. The van der Waals surface area contributed by atoms with Gasteiger partial charge in [0.05, 0.1) is 6.20 Å². The van der Waals surface area contributed by atoms with Crippen molar-refractivity contribution in [1.29, 1.82) is 0 Å². The van der Waals surface area contributed by atoms with Crippen LogP contribution in [-0.4, -0.2) is 22.7 Å². The van der Waals surface area contributed by atoms with E-state index in [1.807, 2.05) is 0 Å². The van der Waals surface area contributed by atoms with Gasteiger partial charge in [-0.05, 0) is 24.3 Å². The molecule has 1 aromatic carbocycles. The Morgan fingerprint density at radius 1 is 1.39 bits per heavy atom. The van der Waals surface area contributed by atoms with Gasteiger partial charge in [-0.2, -0.15) is 5.10 Å². The minimum absolute atomic E-state index is 0.285. The molecule has 2 aromatic rings. The molecule has 0 spiro atoms. The van der Waals surface area contributed by atoms with Gasteiger partial charge in [0, 0.05) is 19.8 Å². The summed E-state index contributed by atoms with van der Waals surface area (Å²) in [6.45, 7) is 0. The monoisotopic (exact) mass is 248 g/mol. The van der Waals surface area contributed by atoms with Crippen molar-refractivity contribution in [3.63, 3.8) is 0 Å². The molecule has 94 valence electrons. The topological polar surface area (TPSA) is 64.2 Å². The van der Waals surface area contributed by atoms with Gasteiger partial charge < -0.3 is 10.6 Å². The molecule has 0 aliphatic heterocycles. The molecule has 2 N–H and O–H groups in total. The van der Waals surface area contributed by atoms with E-state index in [0.29, 0.717) is 17.1 Å². The maximum Gasteiger partial charge on any atom is 0.263 e. The molecule has 0 radical (unpaired) electrons. The molecule has 0 saturated heterocycles. The Hall–Kier alpha value is -2.37. The first kappa shape index (κ1) is 12.1. The van der Waals surface area contributed by atoms with Crippen LogP contribution in [0.15, 0.2) is 30.5 Å². The van der Waals surface area contributed by atoms with Crippen molar-refractivity contribution in [1.82, 2.24) is 9.78 Å². The summed E-state index contributed by atoms with van der Waals surface area (Å²) in [4.78, 5) is 13.6. The lowest BCUT2D eigenvalue weighted by Crippen LogP contribution is -2.26. The Labute approximate surface area is 104 Å². The molecule has 0 unspecified atom stereocenters. The number of benzene rings is 1. The lowest BCUT2D eigenvalue weighted by molar-refractivity contribution is 0.0994. The van der Waals surface area contributed by atoms with Crippen LogP contribution in [0, 0.1) is 5.82 Å². The Balaban J connectivity index is 2.29. The fraction of sp³-hybridized carbons (Fsp3) is 0.167. The number of carbonyl (C=O) groups is 1. The fourth-order valence-electron chi connectivity index (χ4n) is 1.57. The third-order valence-corrected chi connectivity index (χ3v) is 2.73. The molecule has 5 nitrogen and oxygen atoms in total. The summed E-state index contributed by atoms with van der Waals surface area (Å²) < 4.78 is 14.2. The number of anilines is 2. The standard InChI is InChI=1S/C12H13FN4O/c1-16(9-5-3-8(13)4-6-9)12(18)10-7-15-17(2)11(10)14/h3-7H,14H2,1-2H3. The molecule has 0 aliphatic carbocycles. The zero-order valence-electron chi connectivity index (χ0n) is 10.1. The fourth-order valence-corrected chi connectivity index (χ4v) is 1.57. The van der Waals surface area contributed by atoms with Crippen molar-refractivity contribution < 1.29 is 9.18 Å². The Bertz CT molecular complexity index is 576. The van der Waals surface area contributed by atoms with Crippen molar-refractivity contribution in [2.45, 2.75) is 0 Å². The van der Waals surface area contributed by atoms with E-state index in [2.05, 4.69) is 5.10 Å². The highest BCUT2D eigenvalue weighted by atomic mass is 19.1. The highest BCUT2D eigenvalue weighted by molar-refractivity contribution is 6.08. The summed E-state index contributed by atoms with van der Waals surface area (Å²) >= 11 is 0. The van der Waals surface area contributed by atoms with Crippen LogP contribution in [-0.2, 0) is 7.05 Å². The van der Waals surface area contributed by atoms with E-state index in [4.69, 9.17) is 5.73 Å². The van der Waals surface area contributed by atoms with E-state index in [1.165, 1.54) is 40.0 Å². The molecular weight excluding hydrogens is 235 g/mol. The summed E-state index contributed by atoms with van der Waals surface area (Å²) in [5.74, 6) is -0.332. The van der Waals surface area contributed by atoms with Crippen LogP contribution in [0.25, 0.3) is 0 Å². The van der Waals surface area contributed by atoms with Crippen LogP contribution in [0.5, 0.6) is 0 Å². The predicted molar refractivity (Wildman–Crippen MR) is 66.8 cm³/mol. The molecular formula is C12H13FN4O. The smallest absolute Gasteiger partial charge is 0.263 e. The van der Waals surface area contributed by atoms with Gasteiger partial charge >= 0.3 is 0 Å². The van der Waals surface area contributed by atoms with Crippen molar-refractivity contribution >= 4 is 17.4 Å². The number of rotatable bonds is 2. The molecule has 1 amide bonds. The zero-order chi connectivity index (χ0) is 13.3. The molecule has 0 saturated carbocycles. The summed E-state index contributed by atoms with van der Waals surface area (Å²) in [6, 6.07) is 5.65. The first-order valence-electron chi connectivity index (χ1n) is 5.32. The van der Waals surface area contributed by atoms with Crippen LogP contribution in [0.2, 0.25) is 0 Å². The molecule has 1 heterocycles. The number of nitrogens with two attached hydrogens (primary N) is 1. The first-order valence-corrected chi connectivity index (χ1v) is 5.32. The second-order valence-electron chi connectivity index (χ2n) is 3.91. The largest absolute Gasteiger partial charge is 0.383 e. The van der Waals surface area contributed by atoms with Gasteiger partial charge in [-0.1, -0.05) is 0 Å². The molecule has 18 heavy (non-hydrogen) atoms. The number of aryl methyl sites for hydroxylation is 1. The van der Waals surface area contributed by atoms with Gasteiger partial charge in [-0.25, -0.2) is 4.39 Å². The van der Waals surface area contributed by atoms with Crippen LogP contribution in [0.3, 0.4) is 0 Å². The summed E-state index contributed by atoms with van der Waals surface area (Å²) in [7, 11) is 3.26. The zero-order valence-corrected chi connectivity index (χ0v) is 10.1. The van der Waals surface area contributed by atoms with Crippen molar-refractivity contribution in [3.05, 3.63) is 41.8 Å². The number of nitrogens with zero attached hydrogens (tertiary/aromatic N) is 3. The van der Waals surface area contributed by atoms with E-state index in [1.54, 1.807) is 14.1 Å². The molecule has 2 rings (SSSR count). The number of halogens is 1. The molecule has 0 fully saturated rings. The SMILES string of the molecule is CN(C(=O)c1cnn(C)c1N)c1ccc(F)cc1. The van der Waals surface area contributed by atoms with Crippen LogP contribution < -0.4 is 10.6 Å². The molecule has 0 aliphatic rings. The summed E-state index contributed by atoms with van der Waals surface area (Å²) in [5, 5.41) is 3.91. The lowest BCUT2D eigenvalue weighted by Gasteiger charge is -2.16. The third kappa shape index (κ3) is 2.04. The van der Waals surface area contributed by atoms with Gasteiger partial charge in [0.1, 0.15) is 17.2 Å². The second kappa shape index (κ2) is 4.48. The lowest BCUT2D eigenvalue weighted by atomic mass is 10.2. The average Bonchev–Trinajstić information content (AvgIpc) is 2.69. The van der Waals surface area contributed by atoms with E-state index < -0.39 is 0 Å². The average molecular weight is 248 g/mol. The quantitative estimate of drug-likeness (QED) is 0.874. The van der Waals surface area contributed by atoms with Crippen molar-refractivity contribution in [2.75, 3.05) is 17.7 Å². The van der Waals surface area contributed by atoms with Gasteiger partial charge in [0.25, 0.3) is 5.91 Å². The number of amides is 1. The highest BCUT2D eigenvalue weighted by Gasteiger charge is 2.18. The van der Waals surface area contributed by atoms with Gasteiger partial charge in [0.15, 0.2) is 0 Å². The van der Waals surface area contributed by atoms with E-state index in [0.717, 1.165) is 0 Å². The predicted octanol–water partition coefficient (Wildman–Crippen LogP) is 1.42. The molecule has 6 heteroatoms. The highest BCUT2D eigenvalue weighted by Crippen LogP contribution is 2.18.